The zero-order valence-corrected chi connectivity index (χ0v) is 9.07. The van der Waals surface area contributed by atoms with Crippen LogP contribution in [0.1, 0.15) is 0 Å². The first-order chi connectivity index (χ1) is 7.15. The van der Waals surface area contributed by atoms with Gasteiger partial charge < -0.3 is 4.74 Å². The average Bonchev–Trinajstić information content (AvgIpc) is 2.58. The van der Waals surface area contributed by atoms with Crippen molar-refractivity contribution in [3.8, 4) is 11.6 Å². The van der Waals surface area contributed by atoms with Crippen molar-refractivity contribution < 1.29 is 4.74 Å². The summed E-state index contributed by atoms with van der Waals surface area (Å²) in [6, 6.07) is 0. The molecular formula is C7H5Cl2N5O. The van der Waals surface area contributed by atoms with Gasteiger partial charge in [0.15, 0.2) is 5.75 Å². The summed E-state index contributed by atoms with van der Waals surface area (Å²) < 4.78 is 6.88. The van der Waals surface area contributed by atoms with E-state index in [0.29, 0.717) is 5.75 Å². The van der Waals surface area contributed by atoms with E-state index < -0.39 is 0 Å². The molecule has 0 amide bonds. The van der Waals surface area contributed by atoms with Crippen molar-refractivity contribution >= 4 is 23.2 Å². The van der Waals surface area contributed by atoms with Gasteiger partial charge in [-0.15, -0.1) is 10.2 Å². The largest absolute Gasteiger partial charge is 0.433 e. The van der Waals surface area contributed by atoms with Crippen LogP contribution in [0.3, 0.4) is 0 Å². The number of ether oxygens (including phenoxy) is 1. The zero-order valence-electron chi connectivity index (χ0n) is 7.55. The zero-order chi connectivity index (χ0) is 10.8. The van der Waals surface area contributed by atoms with Crippen molar-refractivity contribution in [3.05, 3.63) is 22.8 Å². The maximum Gasteiger partial charge on any atom is 0.262 e. The SMILES string of the molecule is Cn1cc(Oc2nc(Cl)nnc2Cl)cn1. The molecule has 6 nitrogen and oxygen atoms in total. The highest BCUT2D eigenvalue weighted by Crippen LogP contribution is 2.24. The van der Waals surface area contributed by atoms with Crippen molar-refractivity contribution in [1.82, 2.24) is 25.0 Å². The Bertz CT molecular complexity index is 486. The van der Waals surface area contributed by atoms with Crippen LogP contribution < -0.4 is 4.74 Å². The third kappa shape index (κ3) is 2.34. The number of aryl methyl sites for hydroxylation is 1. The first-order valence-electron chi connectivity index (χ1n) is 3.87. The molecule has 0 aliphatic heterocycles. The van der Waals surface area contributed by atoms with Gasteiger partial charge in [0.2, 0.25) is 10.4 Å². The van der Waals surface area contributed by atoms with Gasteiger partial charge in [-0.2, -0.15) is 10.1 Å². The smallest absolute Gasteiger partial charge is 0.262 e. The van der Waals surface area contributed by atoms with Crippen LogP contribution in [0.25, 0.3) is 0 Å². The maximum absolute atomic E-state index is 5.71. The van der Waals surface area contributed by atoms with E-state index in [9.17, 15) is 0 Å². The summed E-state index contributed by atoms with van der Waals surface area (Å²) in [6.45, 7) is 0. The highest BCUT2D eigenvalue weighted by atomic mass is 35.5. The fourth-order valence-electron chi connectivity index (χ4n) is 0.908. The molecule has 0 saturated heterocycles. The summed E-state index contributed by atoms with van der Waals surface area (Å²) in [4.78, 5) is 3.78. The number of nitrogens with zero attached hydrogens (tertiary/aromatic N) is 5. The second kappa shape index (κ2) is 4.00. The van der Waals surface area contributed by atoms with E-state index in [0.717, 1.165) is 0 Å². The van der Waals surface area contributed by atoms with Gasteiger partial charge in [0.1, 0.15) is 0 Å². The minimum atomic E-state index is -0.0294. The molecule has 0 aliphatic carbocycles. The first kappa shape index (κ1) is 10.1. The minimum absolute atomic E-state index is 0.0294. The lowest BCUT2D eigenvalue weighted by Gasteiger charge is -2.01. The van der Waals surface area contributed by atoms with Crippen molar-refractivity contribution in [3.63, 3.8) is 0 Å². The molecule has 8 heteroatoms. The van der Waals surface area contributed by atoms with Gasteiger partial charge in [-0.1, -0.05) is 11.6 Å². The fourth-order valence-corrected chi connectivity index (χ4v) is 1.14. The molecule has 0 radical (unpaired) electrons. The number of hydrogen-bond donors (Lipinski definition) is 0. The Hall–Kier alpha value is -1.40. The molecule has 0 spiro atoms. The second-order valence-corrected chi connectivity index (χ2v) is 3.32. The molecule has 0 bridgehead atoms. The van der Waals surface area contributed by atoms with Gasteiger partial charge in [0.05, 0.1) is 12.4 Å². The summed E-state index contributed by atoms with van der Waals surface area (Å²) in [6.07, 6.45) is 3.18. The van der Waals surface area contributed by atoms with Crippen LogP contribution in [0.15, 0.2) is 12.4 Å². The van der Waals surface area contributed by atoms with Crippen LogP contribution in [0.2, 0.25) is 10.4 Å². The topological polar surface area (TPSA) is 65.7 Å². The highest BCUT2D eigenvalue weighted by molar-refractivity contribution is 6.31. The normalized spacial score (nSPS) is 10.3. The van der Waals surface area contributed by atoms with Gasteiger partial charge in [-0.25, -0.2) is 0 Å². The van der Waals surface area contributed by atoms with Crippen LogP contribution in [0.4, 0.5) is 0 Å². The summed E-state index contributed by atoms with van der Waals surface area (Å²) >= 11 is 11.3. The number of aromatic nitrogens is 5. The van der Waals surface area contributed by atoms with Gasteiger partial charge in [-0.3, -0.25) is 4.68 Å². The lowest BCUT2D eigenvalue weighted by atomic mass is 10.6. The molecule has 2 rings (SSSR count). The van der Waals surface area contributed by atoms with E-state index in [-0.39, 0.29) is 16.3 Å². The molecule has 2 aromatic rings. The third-order valence-corrected chi connectivity index (χ3v) is 1.88. The van der Waals surface area contributed by atoms with Crippen molar-refractivity contribution in [2.45, 2.75) is 0 Å². The molecule has 0 unspecified atom stereocenters. The van der Waals surface area contributed by atoms with Gasteiger partial charge in [-0.05, 0) is 11.6 Å². The fraction of sp³-hybridized carbons (Fsp3) is 0.143. The molecule has 15 heavy (non-hydrogen) atoms. The lowest BCUT2D eigenvalue weighted by Crippen LogP contribution is -1.94. The Balaban J connectivity index is 2.27. The second-order valence-electron chi connectivity index (χ2n) is 2.63. The molecule has 2 aromatic heterocycles. The number of rotatable bonds is 2. The summed E-state index contributed by atoms with van der Waals surface area (Å²) in [5.74, 6) is 0.598. The Labute approximate surface area is 94.8 Å². The van der Waals surface area contributed by atoms with Crippen LogP contribution >= 0.6 is 23.2 Å². The predicted octanol–water partition coefficient (Wildman–Crippen LogP) is 1.70. The summed E-state index contributed by atoms with van der Waals surface area (Å²) in [7, 11) is 1.76. The third-order valence-electron chi connectivity index (χ3n) is 1.49. The van der Waals surface area contributed by atoms with E-state index in [1.807, 2.05) is 0 Å². The molecule has 78 valence electrons. The monoisotopic (exact) mass is 245 g/mol. The molecule has 0 aromatic carbocycles. The van der Waals surface area contributed by atoms with Crippen molar-refractivity contribution in [1.29, 1.82) is 0 Å². The Morgan fingerprint density at radius 1 is 1.33 bits per heavy atom. The molecule has 0 atom stereocenters. The maximum atomic E-state index is 5.71. The van der Waals surface area contributed by atoms with E-state index >= 15 is 0 Å². The van der Waals surface area contributed by atoms with E-state index in [1.54, 1.807) is 17.9 Å². The Morgan fingerprint density at radius 2 is 2.13 bits per heavy atom. The number of hydrogen-bond acceptors (Lipinski definition) is 5. The Morgan fingerprint density at radius 3 is 2.80 bits per heavy atom. The first-order valence-corrected chi connectivity index (χ1v) is 4.63. The van der Waals surface area contributed by atoms with Crippen LogP contribution in [-0.2, 0) is 7.05 Å². The van der Waals surface area contributed by atoms with Crippen molar-refractivity contribution in [2.75, 3.05) is 0 Å². The lowest BCUT2D eigenvalue weighted by molar-refractivity contribution is 0.457. The molecule has 0 N–H and O–H groups in total. The highest BCUT2D eigenvalue weighted by Gasteiger charge is 2.09. The summed E-state index contributed by atoms with van der Waals surface area (Å²) in [5, 5.41) is 10.9. The van der Waals surface area contributed by atoms with Gasteiger partial charge >= 0.3 is 0 Å². The molecule has 2 heterocycles. The van der Waals surface area contributed by atoms with E-state index in [2.05, 4.69) is 20.3 Å². The molecule has 0 saturated carbocycles. The predicted molar refractivity (Wildman–Crippen MR) is 53.1 cm³/mol. The van der Waals surface area contributed by atoms with Crippen LogP contribution in [-0.4, -0.2) is 25.0 Å². The average molecular weight is 246 g/mol. The number of halogens is 2. The molecule has 0 aliphatic rings. The van der Waals surface area contributed by atoms with Crippen molar-refractivity contribution in [2.24, 2.45) is 7.05 Å². The summed E-state index contributed by atoms with van der Waals surface area (Å²) in [5.41, 5.74) is 0. The van der Waals surface area contributed by atoms with E-state index in [1.165, 1.54) is 6.20 Å². The van der Waals surface area contributed by atoms with Gasteiger partial charge in [0.25, 0.3) is 5.88 Å². The molecule has 0 fully saturated rings. The quantitative estimate of drug-likeness (QED) is 0.806. The Kier molecular flexibility index (Phi) is 2.70. The van der Waals surface area contributed by atoms with Crippen LogP contribution in [0.5, 0.6) is 11.6 Å². The van der Waals surface area contributed by atoms with E-state index in [4.69, 9.17) is 27.9 Å². The van der Waals surface area contributed by atoms with Crippen LogP contribution in [0, 0.1) is 0 Å². The minimum Gasteiger partial charge on any atom is -0.433 e. The van der Waals surface area contributed by atoms with Gasteiger partial charge in [0, 0.05) is 7.05 Å². The molecular weight excluding hydrogens is 241 g/mol. The standard InChI is InChI=1S/C7H5Cl2N5O/c1-14-3-4(2-10-14)15-6-5(8)12-13-7(9)11-6/h2-3H,1H3.